The number of aliphatic hydroxyl groups is 1. The first-order chi connectivity index (χ1) is 8.00. The van der Waals surface area contributed by atoms with E-state index in [0.717, 1.165) is 0 Å². The van der Waals surface area contributed by atoms with E-state index in [0.29, 0.717) is 11.0 Å². The molecule has 0 amide bonds. The van der Waals surface area contributed by atoms with Gasteiger partial charge in [-0.2, -0.15) is 0 Å². The molecule has 92 valence electrons. The average Bonchev–Trinajstić information content (AvgIpc) is 2.71. The maximum atomic E-state index is 11.9. The summed E-state index contributed by atoms with van der Waals surface area (Å²) in [4.78, 5) is 6.94. The molecular weight excluding hydrogens is 242 g/mol. The summed E-state index contributed by atoms with van der Waals surface area (Å²) >= 11 is 0. The molecule has 1 atom stereocenters. The van der Waals surface area contributed by atoms with Crippen molar-refractivity contribution in [1.29, 1.82) is 0 Å². The third-order valence-electron chi connectivity index (χ3n) is 2.27. The lowest BCUT2D eigenvalue weighted by molar-refractivity contribution is 0.198. The van der Waals surface area contributed by atoms with Crippen LogP contribution in [-0.4, -0.2) is 36.1 Å². The van der Waals surface area contributed by atoms with E-state index < -0.39 is 16.1 Å². The van der Waals surface area contributed by atoms with Crippen LogP contribution in [0.15, 0.2) is 29.4 Å². The number of hydrogen-bond donors (Lipinski definition) is 3. The van der Waals surface area contributed by atoms with Gasteiger partial charge in [-0.3, -0.25) is 0 Å². The van der Waals surface area contributed by atoms with E-state index in [1.807, 2.05) is 0 Å². The molecule has 2 heterocycles. The summed E-state index contributed by atoms with van der Waals surface area (Å²) in [5, 5.41) is 9.61. The van der Waals surface area contributed by atoms with Crippen molar-refractivity contribution in [1.82, 2.24) is 14.7 Å². The van der Waals surface area contributed by atoms with Crippen molar-refractivity contribution in [2.75, 3.05) is 6.54 Å². The first-order valence-corrected chi connectivity index (χ1v) is 6.59. The quantitative estimate of drug-likeness (QED) is 0.728. The van der Waals surface area contributed by atoms with Crippen LogP contribution in [0.5, 0.6) is 0 Å². The maximum Gasteiger partial charge on any atom is 0.242 e. The van der Waals surface area contributed by atoms with Gasteiger partial charge in [-0.05, 0) is 19.1 Å². The highest BCUT2D eigenvalue weighted by molar-refractivity contribution is 7.89. The Balaban J connectivity index is 2.39. The molecule has 0 saturated heterocycles. The van der Waals surface area contributed by atoms with Gasteiger partial charge in [0.25, 0.3) is 0 Å². The van der Waals surface area contributed by atoms with E-state index in [2.05, 4.69) is 14.7 Å². The first kappa shape index (κ1) is 12.0. The van der Waals surface area contributed by atoms with Gasteiger partial charge in [-0.15, -0.1) is 0 Å². The Labute approximate surface area is 98.7 Å². The predicted molar refractivity (Wildman–Crippen MR) is 63.0 cm³/mol. The molecule has 7 heteroatoms. The molecule has 0 aliphatic carbocycles. The molecule has 2 rings (SSSR count). The predicted octanol–water partition coefficient (Wildman–Crippen LogP) is 0.222. The van der Waals surface area contributed by atoms with Gasteiger partial charge in [0.2, 0.25) is 10.0 Å². The van der Waals surface area contributed by atoms with Gasteiger partial charge in [0, 0.05) is 24.3 Å². The summed E-state index contributed by atoms with van der Waals surface area (Å²) in [5.74, 6) is 0. The zero-order valence-corrected chi connectivity index (χ0v) is 10.0. The minimum atomic E-state index is -3.62. The Morgan fingerprint density at radius 1 is 1.59 bits per heavy atom. The van der Waals surface area contributed by atoms with Crippen molar-refractivity contribution >= 4 is 21.1 Å². The maximum absolute atomic E-state index is 11.9. The molecule has 3 N–H and O–H groups in total. The van der Waals surface area contributed by atoms with Gasteiger partial charge in [-0.1, -0.05) is 0 Å². The molecule has 0 saturated carbocycles. The number of aliphatic hydroxyl groups excluding tert-OH is 1. The Morgan fingerprint density at radius 3 is 3.06 bits per heavy atom. The summed E-state index contributed by atoms with van der Waals surface area (Å²) in [5.41, 5.74) is 0.518. The number of aromatic nitrogens is 2. The lowest BCUT2D eigenvalue weighted by Gasteiger charge is -2.07. The van der Waals surface area contributed by atoms with Gasteiger partial charge in [0.05, 0.1) is 6.10 Å². The summed E-state index contributed by atoms with van der Waals surface area (Å²) in [6.07, 6.45) is 2.24. The molecule has 17 heavy (non-hydrogen) atoms. The van der Waals surface area contributed by atoms with E-state index in [9.17, 15) is 8.42 Å². The minimum Gasteiger partial charge on any atom is -0.392 e. The van der Waals surface area contributed by atoms with E-state index >= 15 is 0 Å². The fourth-order valence-corrected chi connectivity index (χ4v) is 2.75. The van der Waals surface area contributed by atoms with E-state index in [1.54, 1.807) is 18.3 Å². The van der Waals surface area contributed by atoms with Crippen LogP contribution in [0.25, 0.3) is 11.0 Å². The van der Waals surface area contributed by atoms with Crippen molar-refractivity contribution in [3.8, 4) is 0 Å². The zero-order chi connectivity index (χ0) is 12.5. The average molecular weight is 255 g/mol. The van der Waals surface area contributed by atoms with Crippen LogP contribution in [0.4, 0.5) is 0 Å². The largest absolute Gasteiger partial charge is 0.392 e. The van der Waals surface area contributed by atoms with Crippen LogP contribution in [-0.2, 0) is 10.0 Å². The van der Waals surface area contributed by atoms with Gasteiger partial charge in [0.1, 0.15) is 10.5 Å². The van der Waals surface area contributed by atoms with Gasteiger partial charge >= 0.3 is 0 Å². The normalized spacial score (nSPS) is 14.0. The third-order valence-corrected chi connectivity index (χ3v) is 3.73. The Kier molecular flexibility index (Phi) is 3.14. The molecule has 0 fully saturated rings. The second-order valence-corrected chi connectivity index (χ2v) is 5.49. The van der Waals surface area contributed by atoms with Crippen molar-refractivity contribution in [3.63, 3.8) is 0 Å². The van der Waals surface area contributed by atoms with Gasteiger partial charge in [-0.25, -0.2) is 18.1 Å². The molecule has 0 aliphatic heterocycles. The van der Waals surface area contributed by atoms with Crippen molar-refractivity contribution in [2.45, 2.75) is 17.9 Å². The number of nitrogens with zero attached hydrogens (tertiary/aromatic N) is 1. The van der Waals surface area contributed by atoms with Crippen LogP contribution in [0.3, 0.4) is 0 Å². The van der Waals surface area contributed by atoms with Crippen LogP contribution in [0.1, 0.15) is 6.92 Å². The molecule has 0 aliphatic rings. The van der Waals surface area contributed by atoms with E-state index in [4.69, 9.17) is 5.11 Å². The summed E-state index contributed by atoms with van der Waals surface area (Å²) in [6.45, 7) is 1.49. The van der Waals surface area contributed by atoms with Crippen molar-refractivity contribution in [2.24, 2.45) is 0 Å². The zero-order valence-electron chi connectivity index (χ0n) is 9.21. The highest BCUT2D eigenvalue weighted by Gasteiger charge is 2.19. The molecule has 2 aromatic heterocycles. The van der Waals surface area contributed by atoms with E-state index in [1.165, 1.54) is 13.1 Å². The molecule has 0 aromatic carbocycles. The highest BCUT2D eigenvalue weighted by atomic mass is 32.2. The van der Waals surface area contributed by atoms with Crippen LogP contribution in [0.2, 0.25) is 0 Å². The summed E-state index contributed by atoms with van der Waals surface area (Å²) in [6, 6.07) is 3.35. The van der Waals surface area contributed by atoms with Crippen molar-refractivity contribution in [3.05, 3.63) is 24.5 Å². The number of hydrogen-bond acceptors (Lipinski definition) is 4. The first-order valence-electron chi connectivity index (χ1n) is 5.10. The molecule has 2 aromatic rings. The summed E-state index contributed by atoms with van der Waals surface area (Å²) in [7, 11) is -3.62. The second-order valence-electron chi connectivity index (χ2n) is 3.75. The standard InChI is InChI=1S/C10H13N3O3S/c1-7(14)5-13-17(15,16)9-6-12-10-8(9)3-2-4-11-10/h2-4,6-7,13-14H,5H2,1H3,(H,11,12)/t7-/m1/s1. The molecule has 0 bridgehead atoms. The Morgan fingerprint density at radius 2 is 2.35 bits per heavy atom. The van der Waals surface area contributed by atoms with Crippen LogP contribution >= 0.6 is 0 Å². The monoisotopic (exact) mass is 255 g/mol. The van der Waals surface area contributed by atoms with Gasteiger partial charge in [0.15, 0.2) is 0 Å². The third kappa shape index (κ3) is 2.46. The Bertz CT molecular complexity index is 619. The number of H-pyrrole nitrogens is 1. The minimum absolute atomic E-state index is 0.0186. The smallest absolute Gasteiger partial charge is 0.242 e. The molecule has 0 radical (unpaired) electrons. The molecule has 0 unspecified atom stereocenters. The topological polar surface area (TPSA) is 95.1 Å². The molecule has 6 nitrogen and oxygen atoms in total. The lowest BCUT2D eigenvalue weighted by atomic mass is 10.3. The van der Waals surface area contributed by atoms with E-state index in [-0.39, 0.29) is 11.4 Å². The highest BCUT2D eigenvalue weighted by Crippen LogP contribution is 2.20. The van der Waals surface area contributed by atoms with Crippen LogP contribution in [0, 0.1) is 0 Å². The van der Waals surface area contributed by atoms with Crippen LogP contribution < -0.4 is 4.72 Å². The number of sulfonamides is 1. The number of nitrogens with one attached hydrogen (secondary N) is 2. The SMILES string of the molecule is C[C@@H](O)CNS(=O)(=O)c1c[nH]c2ncccc12. The number of fused-ring (bicyclic) bond motifs is 1. The fraction of sp³-hybridized carbons (Fsp3) is 0.300. The number of rotatable bonds is 4. The fourth-order valence-electron chi connectivity index (χ4n) is 1.46. The number of pyridine rings is 1. The number of aromatic amines is 1. The molecule has 0 spiro atoms. The van der Waals surface area contributed by atoms with Gasteiger partial charge < -0.3 is 10.1 Å². The second kappa shape index (κ2) is 4.44. The Hall–Kier alpha value is -1.44. The lowest BCUT2D eigenvalue weighted by Crippen LogP contribution is -2.30. The molecular formula is C10H13N3O3S. The van der Waals surface area contributed by atoms with Crippen molar-refractivity contribution < 1.29 is 13.5 Å². The summed E-state index contributed by atoms with van der Waals surface area (Å²) < 4.78 is 26.2.